The van der Waals surface area contributed by atoms with E-state index < -0.39 is 0 Å². The van der Waals surface area contributed by atoms with Gasteiger partial charge in [-0.3, -0.25) is 0 Å². The van der Waals surface area contributed by atoms with Gasteiger partial charge in [0.1, 0.15) is 0 Å². The Morgan fingerprint density at radius 3 is 1.08 bits per heavy atom. The van der Waals surface area contributed by atoms with E-state index in [2.05, 4.69) is 20.8 Å². The predicted octanol–water partition coefficient (Wildman–Crippen LogP) is 3.97. The summed E-state index contributed by atoms with van der Waals surface area (Å²) in [5.74, 6) is 0. The molecule has 0 bridgehead atoms. The molecule has 0 aromatic heterocycles. The van der Waals surface area contributed by atoms with E-state index in [1.54, 1.807) is 0 Å². The van der Waals surface area contributed by atoms with Crippen LogP contribution in [0.3, 0.4) is 0 Å². The van der Waals surface area contributed by atoms with Crippen molar-refractivity contribution in [3.05, 3.63) is 0 Å². The predicted molar refractivity (Wildman–Crippen MR) is 60.5 cm³/mol. The number of hydrogen-bond donors (Lipinski definition) is 1. The number of nitrogens with two attached hydrogens (primary N) is 1. The minimum Gasteiger partial charge on any atom is -0.330 e. The van der Waals surface area contributed by atoms with Crippen molar-refractivity contribution in [2.24, 2.45) is 5.73 Å². The molecular weight excluding hydrogens is 146 g/mol. The first-order valence-corrected chi connectivity index (χ1v) is 5.53. The standard InChI is InChI=1S/C6H14.C3H9N.C2H6/c1-3-5-6-4-2;1-2-3-4;1-2/h3-6H2,1-2H3;2-4H2,1H3;1-2H3. The van der Waals surface area contributed by atoms with Crippen LogP contribution in [0.5, 0.6) is 0 Å². The van der Waals surface area contributed by atoms with E-state index in [9.17, 15) is 0 Å². The van der Waals surface area contributed by atoms with Gasteiger partial charge in [-0.1, -0.05) is 60.3 Å². The quantitative estimate of drug-likeness (QED) is 0.643. The van der Waals surface area contributed by atoms with Gasteiger partial charge in [0.15, 0.2) is 0 Å². The molecule has 1 heteroatoms. The fourth-order valence-corrected chi connectivity index (χ4v) is 0.500. The molecule has 0 aromatic carbocycles. The highest BCUT2D eigenvalue weighted by molar-refractivity contribution is 4.31. The molecule has 0 fully saturated rings. The Kier molecular flexibility index (Phi) is 45.6. The smallest absolute Gasteiger partial charge is 0.00799 e. The Labute approximate surface area is 79.7 Å². The van der Waals surface area contributed by atoms with Gasteiger partial charge in [0.05, 0.1) is 0 Å². The number of hydrogen-bond acceptors (Lipinski definition) is 1. The van der Waals surface area contributed by atoms with Gasteiger partial charge in [-0.2, -0.15) is 0 Å². The molecule has 0 rings (SSSR count). The lowest BCUT2D eigenvalue weighted by molar-refractivity contribution is 0.702. The SMILES string of the molecule is CC.CCCCCC.CCCN. The third kappa shape index (κ3) is 51.0. The molecule has 12 heavy (non-hydrogen) atoms. The maximum atomic E-state index is 5.03. The highest BCUT2D eigenvalue weighted by Crippen LogP contribution is 1.95. The van der Waals surface area contributed by atoms with E-state index in [-0.39, 0.29) is 0 Å². The van der Waals surface area contributed by atoms with Gasteiger partial charge in [-0.15, -0.1) is 0 Å². The average Bonchev–Trinajstić information content (AvgIpc) is 2.18. The average molecular weight is 175 g/mol. The van der Waals surface area contributed by atoms with Crippen molar-refractivity contribution in [3.8, 4) is 0 Å². The van der Waals surface area contributed by atoms with Crippen molar-refractivity contribution in [1.29, 1.82) is 0 Å². The Balaban J connectivity index is -0.000000118. The van der Waals surface area contributed by atoms with E-state index in [0.717, 1.165) is 13.0 Å². The van der Waals surface area contributed by atoms with Crippen LogP contribution in [0.1, 0.15) is 66.7 Å². The molecule has 0 aliphatic rings. The summed E-state index contributed by atoms with van der Waals surface area (Å²) in [7, 11) is 0. The van der Waals surface area contributed by atoms with E-state index in [0.29, 0.717) is 0 Å². The van der Waals surface area contributed by atoms with Crippen LogP contribution in [0.4, 0.5) is 0 Å². The van der Waals surface area contributed by atoms with Gasteiger partial charge in [0.25, 0.3) is 0 Å². The van der Waals surface area contributed by atoms with Crippen LogP contribution in [0.2, 0.25) is 0 Å². The monoisotopic (exact) mass is 175 g/mol. The molecule has 0 saturated carbocycles. The molecule has 0 aromatic rings. The molecule has 0 spiro atoms. The number of rotatable bonds is 4. The second-order valence-electron chi connectivity index (χ2n) is 2.50. The van der Waals surface area contributed by atoms with Gasteiger partial charge >= 0.3 is 0 Å². The third-order valence-electron chi connectivity index (χ3n) is 1.25. The van der Waals surface area contributed by atoms with Crippen molar-refractivity contribution >= 4 is 0 Å². The summed E-state index contributed by atoms with van der Waals surface area (Å²) in [4.78, 5) is 0. The summed E-state index contributed by atoms with van der Waals surface area (Å²) in [6.45, 7) is 11.3. The molecule has 1 nitrogen and oxygen atoms in total. The lowest BCUT2D eigenvalue weighted by Crippen LogP contribution is -1.93. The van der Waals surface area contributed by atoms with Crippen LogP contribution in [-0.4, -0.2) is 6.54 Å². The van der Waals surface area contributed by atoms with Gasteiger partial charge in [0, 0.05) is 0 Å². The van der Waals surface area contributed by atoms with Gasteiger partial charge in [0.2, 0.25) is 0 Å². The van der Waals surface area contributed by atoms with E-state index >= 15 is 0 Å². The molecule has 0 saturated heterocycles. The molecule has 0 unspecified atom stereocenters. The third-order valence-corrected chi connectivity index (χ3v) is 1.25. The van der Waals surface area contributed by atoms with Gasteiger partial charge in [-0.05, 0) is 13.0 Å². The Hall–Kier alpha value is -0.0400. The molecule has 0 heterocycles. The van der Waals surface area contributed by atoms with Crippen molar-refractivity contribution in [2.45, 2.75) is 66.7 Å². The zero-order valence-electron chi connectivity index (χ0n) is 9.82. The summed E-state index contributed by atoms with van der Waals surface area (Å²) < 4.78 is 0. The van der Waals surface area contributed by atoms with Crippen molar-refractivity contribution < 1.29 is 0 Å². The maximum absolute atomic E-state index is 5.03. The molecule has 0 aliphatic heterocycles. The van der Waals surface area contributed by atoms with E-state index in [4.69, 9.17) is 5.73 Å². The van der Waals surface area contributed by atoms with Crippen molar-refractivity contribution in [3.63, 3.8) is 0 Å². The molecule has 0 aliphatic carbocycles. The molecule has 0 atom stereocenters. The fraction of sp³-hybridized carbons (Fsp3) is 1.00. The lowest BCUT2D eigenvalue weighted by atomic mass is 10.2. The minimum atomic E-state index is 0.819. The second-order valence-corrected chi connectivity index (χ2v) is 2.50. The van der Waals surface area contributed by atoms with Crippen molar-refractivity contribution in [2.75, 3.05) is 6.54 Å². The summed E-state index contributed by atoms with van der Waals surface area (Å²) in [5, 5.41) is 0. The highest BCUT2D eigenvalue weighted by Gasteiger charge is 1.75. The van der Waals surface area contributed by atoms with Crippen LogP contribution in [0.15, 0.2) is 0 Å². The first-order chi connectivity index (χ1) is 5.83. The molecule has 2 N–H and O–H groups in total. The Morgan fingerprint density at radius 1 is 0.750 bits per heavy atom. The molecular formula is C11H29N. The van der Waals surface area contributed by atoms with Crippen molar-refractivity contribution in [1.82, 2.24) is 0 Å². The molecule has 0 radical (unpaired) electrons. The minimum absolute atomic E-state index is 0.819. The summed E-state index contributed by atoms with van der Waals surface area (Å²) in [6, 6.07) is 0. The van der Waals surface area contributed by atoms with E-state index in [1.165, 1.54) is 25.7 Å². The van der Waals surface area contributed by atoms with Gasteiger partial charge in [-0.25, -0.2) is 0 Å². The van der Waals surface area contributed by atoms with Crippen LogP contribution in [-0.2, 0) is 0 Å². The van der Waals surface area contributed by atoms with Crippen LogP contribution in [0, 0.1) is 0 Å². The van der Waals surface area contributed by atoms with Gasteiger partial charge < -0.3 is 5.73 Å². The molecule has 0 amide bonds. The molecule has 78 valence electrons. The second kappa shape index (κ2) is 30.6. The van der Waals surface area contributed by atoms with Crippen LogP contribution < -0.4 is 5.73 Å². The van der Waals surface area contributed by atoms with E-state index in [1.807, 2.05) is 13.8 Å². The fourth-order valence-electron chi connectivity index (χ4n) is 0.500. The maximum Gasteiger partial charge on any atom is -0.00799 e. The first-order valence-electron chi connectivity index (χ1n) is 5.53. The van der Waals surface area contributed by atoms with Crippen LogP contribution in [0.25, 0.3) is 0 Å². The van der Waals surface area contributed by atoms with Crippen LogP contribution >= 0.6 is 0 Å². The summed E-state index contributed by atoms with van der Waals surface area (Å²) >= 11 is 0. The number of unbranched alkanes of at least 4 members (excludes halogenated alkanes) is 3. The zero-order chi connectivity index (χ0) is 10.2. The Bertz CT molecular complexity index is 30.0. The zero-order valence-corrected chi connectivity index (χ0v) is 9.82. The normalized spacial score (nSPS) is 7.50. The summed E-state index contributed by atoms with van der Waals surface area (Å²) in [6.07, 6.45) is 6.63. The Morgan fingerprint density at radius 2 is 1.00 bits per heavy atom. The largest absolute Gasteiger partial charge is 0.330 e. The summed E-state index contributed by atoms with van der Waals surface area (Å²) in [5.41, 5.74) is 5.03. The first kappa shape index (κ1) is 17.9. The highest BCUT2D eigenvalue weighted by atomic mass is 14.5. The lowest BCUT2D eigenvalue weighted by Gasteiger charge is -1.86. The topological polar surface area (TPSA) is 26.0 Å².